The monoisotopic (exact) mass is 415 g/mol. The third kappa shape index (κ3) is 3.64. The maximum absolute atomic E-state index is 14.1. The summed E-state index contributed by atoms with van der Waals surface area (Å²) in [6, 6.07) is 7.88. The number of piperidine rings is 1. The van der Waals surface area contributed by atoms with Crippen molar-refractivity contribution in [1.29, 1.82) is 0 Å². The van der Waals surface area contributed by atoms with Gasteiger partial charge in [0.05, 0.1) is 12.1 Å². The topological polar surface area (TPSA) is 64.3 Å². The van der Waals surface area contributed by atoms with Crippen molar-refractivity contribution in [1.82, 2.24) is 14.0 Å². The van der Waals surface area contributed by atoms with Crippen LogP contribution in [0, 0.1) is 5.82 Å². The molecule has 0 N–H and O–H groups in total. The van der Waals surface area contributed by atoms with E-state index in [4.69, 9.17) is 0 Å². The molecule has 0 saturated carbocycles. The van der Waals surface area contributed by atoms with Crippen LogP contribution >= 0.6 is 11.3 Å². The normalized spacial score (nSPS) is 17.0. The second kappa shape index (κ2) is 7.94. The predicted octanol–water partition coefficient (Wildman–Crippen LogP) is 2.81. The molecule has 1 aliphatic heterocycles. The van der Waals surface area contributed by atoms with Crippen LogP contribution in [0.15, 0.2) is 45.3 Å². The average molecular weight is 415 g/mol. The van der Waals surface area contributed by atoms with E-state index in [2.05, 4.69) is 0 Å². The number of amides is 1. The van der Waals surface area contributed by atoms with Gasteiger partial charge in [-0.1, -0.05) is 18.2 Å². The minimum atomic E-state index is -0.595. The maximum atomic E-state index is 14.1. The molecule has 1 aliphatic rings. The number of benzene rings is 1. The van der Waals surface area contributed by atoms with E-state index in [-0.39, 0.29) is 30.6 Å². The zero-order valence-corrected chi connectivity index (χ0v) is 17.0. The van der Waals surface area contributed by atoms with Gasteiger partial charge >= 0.3 is 5.69 Å². The average Bonchev–Trinajstić information content (AvgIpc) is 3.20. The zero-order valence-electron chi connectivity index (χ0n) is 16.1. The Morgan fingerprint density at radius 1 is 1.17 bits per heavy atom. The Morgan fingerprint density at radius 2 is 1.97 bits per heavy atom. The van der Waals surface area contributed by atoms with Crippen molar-refractivity contribution in [3.8, 4) is 0 Å². The number of rotatable bonds is 4. The summed E-state index contributed by atoms with van der Waals surface area (Å²) < 4.78 is 16.9. The van der Waals surface area contributed by atoms with E-state index >= 15 is 0 Å². The lowest BCUT2D eigenvalue weighted by Crippen LogP contribution is -2.47. The summed E-state index contributed by atoms with van der Waals surface area (Å²) in [6.45, 7) is 2.38. The highest BCUT2D eigenvalue weighted by Crippen LogP contribution is 2.19. The minimum Gasteiger partial charge on any atom is -0.338 e. The molecule has 1 fully saturated rings. The van der Waals surface area contributed by atoms with Crippen molar-refractivity contribution in [2.45, 2.75) is 45.3 Å². The molecule has 1 amide bonds. The fourth-order valence-electron chi connectivity index (χ4n) is 3.92. The van der Waals surface area contributed by atoms with Crippen molar-refractivity contribution in [2.75, 3.05) is 6.54 Å². The van der Waals surface area contributed by atoms with Gasteiger partial charge < -0.3 is 4.90 Å². The number of carbonyl (C=O) groups excluding carboxylic acids is 1. The number of fused-ring (bicyclic) bond motifs is 1. The fourth-order valence-corrected chi connectivity index (χ4v) is 4.76. The van der Waals surface area contributed by atoms with Gasteiger partial charge in [0.15, 0.2) is 0 Å². The van der Waals surface area contributed by atoms with Gasteiger partial charge in [-0.15, -0.1) is 11.3 Å². The maximum Gasteiger partial charge on any atom is 0.332 e. The largest absolute Gasteiger partial charge is 0.338 e. The molecule has 152 valence electrons. The molecular formula is C21H22FN3O3S. The van der Waals surface area contributed by atoms with Crippen LogP contribution in [0.2, 0.25) is 0 Å². The van der Waals surface area contributed by atoms with E-state index in [1.165, 1.54) is 22.0 Å². The second-order valence-electron chi connectivity index (χ2n) is 7.42. The minimum absolute atomic E-state index is 0.131. The fraction of sp³-hybridized carbons (Fsp3) is 0.381. The van der Waals surface area contributed by atoms with Gasteiger partial charge in [0.2, 0.25) is 5.91 Å². The highest BCUT2D eigenvalue weighted by molar-refractivity contribution is 7.17. The highest BCUT2D eigenvalue weighted by atomic mass is 32.1. The molecule has 1 saturated heterocycles. The van der Waals surface area contributed by atoms with Crippen LogP contribution in [0.3, 0.4) is 0 Å². The molecule has 29 heavy (non-hydrogen) atoms. The summed E-state index contributed by atoms with van der Waals surface area (Å²) in [5.74, 6) is -0.613. The molecule has 0 spiro atoms. The summed E-state index contributed by atoms with van der Waals surface area (Å²) in [6.07, 6.45) is 2.99. The molecule has 3 aromatic rings. The van der Waals surface area contributed by atoms with Gasteiger partial charge in [-0.3, -0.25) is 18.7 Å². The molecule has 3 heterocycles. The third-order valence-electron chi connectivity index (χ3n) is 5.54. The number of hydrogen-bond acceptors (Lipinski definition) is 4. The summed E-state index contributed by atoms with van der Waals surface area (Å²) in [7, 11) is 0. The van der Waals surface area contributed by atoms with Crippen LogP contribution in [-0.2, 0) is 17.9 Å². The molecule has 1 atom stereocenters. The third-order valence-corrected chi connectivity index (χ3v) is 6.43. The number of thiophene rings is 1. The Labute approximate surface area is 170 Å². The van der Waals surface area contributed by atoms with E-state index in [0.717, 1.165) is 23.8 Å². The molecule has 0 aliphatic carbocycles. The van der Waals surface area contributed by atoms with Gasteiger partial charge in [0.1, 0.15) is 17.1 Å². The molecule has 1 unspecified atom stereocenters. The van der Waals surface area contributed by atoms with Crippen LogP contribution in [0.25, 0.3) is 10.2 Å². The van der Waals surface area contributed by atoms with Crippen LogP contribution in [0.1, 0.15) is 31.7 Å². The molecular weight excluding hydrogens is 393 g/mol. The standard InChI is InChI=1S/C21H22FN3O3S/c1-14-6-4-5-10-23(14)18(26)13-24-17-9-11-29-19(17)20(27)25(21(24)28)12-15-7-2-3-8-16(15)22/h2-3,7-9,11,14H,4-6,10,12-13H2,1H3. The van der Waals surface area contributed by atoms with Crippen LogP contribution < -0.4 is 11.2 Å². The molecule has 6 nitrogen and oxygen atoms in total. The van der Waals surface area contributed by atoms with Gasteiger partial charge in [0, 0.05) is 18.2 Å². The van der Waals surface area contributed by atoms with Gasteiger partial charge in [-0.05, 0) is 43.7 Å². The predicted molar refractivity (Wildman–Crippen MR) is 111 cm³/mol. The first-order valence-corrected chi connectivity index (χ1v) is 10.6. The Morgan fingerprint density at radius 3 is 2.72 bits per heavy atom. The molecule has 8 heteroatoms. The first-order valence-electron chi connectivity index (χ1n) is 9.71. The van der Waals surface area contributed by atoms with Crippen molar-refractivity contribution >= 4 is 27.5 Å². The number of carbonyl (C=O) groups is 1. The number of aromatic nitrogens is 2. The molecule has 0 bridgehead atoms. The van der Waals surface area contributed by atoms with Crippen molar-refractivity contribution in [3.63, 3.8) is 0 Å². The SMILES string of the molecule is CC1CCCCN1C(=O)Cn1c(=O)n(Cc2ccccc2F)c(=O)c2sccc21. The smallest absolute Gasteiger partial charge is 0.332 e. The summed E-state index contributed by atoms with van der Waals surface area (Å²) in [5.41, 5.74) is -0.349. The summed E-state index contributed by atoms with van der Waals surface area (Å²) >= 11 is 1.22. The molecule has 4 rings (SSSR count). The highest BCUT2D eigenvalue weighted by Gasteiger charge is 2.25. The Balaban J connectivity index is 1.77. The van der Waals surface area contributed by atoms with E-state index in [1.54, 1.807) is 34.5 Å². The summed E-state index contributed by atoms with van der Waals surface area (Å²) in [4.78, 5) is 40.7. The molecule has 2 aromatic heterocycles. The Bertz CT molecular complexity index is 1180. The van der Waals surface area contributed by atoms with Gasteiger partial charge in [-0.25, -0.2) is 9.18 Å². The van der Waals surface area contributed by atoms with Crippen molar-refractivity contribution in [2.24, 2.45) is 0 Å². The lowest BCUT2D eigenvalue weighted by molar-refractivity contribution is -0.135. The number of hydrogen-bond donors (Lipinski definition) is 0. The number of likely N-dealkylation sites (tertiary alicyclic amines) is 1. The first-order chi connectivity index (χ1) is 14.0. The Hall–Kier alpha value is -2.74. The van der Waals surface area contributed by atoms with Crippen LogP contribution in [0.5, 0.6) is 0 Å². The zero-order chi connectivity index (χ0) is 20.5. The van der Waals surface area contributed by atoms with Crippen molar-refractivity contribution in [3.05, 3.63) is 67.9 Å². The molecule has 1 aromatic carbocycles. The quantitative estimate of drug-likeness (QED) is 0.658. The van der Waals surface area contributed by atoms with E-state index < -0.39 is 17.1 Å². The van der Waals surface area contributed by atoms with Crippen LogP contribution in [-0.4, -0.2) is 32.5 Å². The Kier molecular flexibility index (Phi) is 5.36. The van der Waals surface area contributed by atoms with E-state index in [9.17, 15) is 18.8 Å². The lowest BCUT2D eigenvalue weighted by Gasteiger charge is -2.33. The van der Waals surface area contributed by atoms with E-state index in [1.807, 2.05) is 6.92 Å². The molecule has 0 radical (unpaired) electrons. The second-order valence-corrected chi connectivity index (χ2v) is 8.33. The van der Waals surface area contributed by atoms with Gasteiger partial charge in [0.25, 0.3) is 5.56 Å². The summed E-state index contributed by atoms with van der Waals surface area (Å²) in [5, 5.41) is 1.73. The van der Waals surface area contributed by atoms with E-state index in [0.29, 0.717) is 16.8 Å². The first kappa shape index (κ1) is 19.6. The number of halogens is 1. The van der Waals surface area contributed by atoms with Crippen LogP contribution in [0.4, 0.5) is 4.39 Å². The lowest BCUT2D eigenvalue weighted by atomic mass is 10.0. The number of nitrogens with zero attached hydrogens (tertiary/aromatic N) is 3. The van der Waals surface area contributed by atoms with Crippen molar-refractivity contribution < 1.29 is 9.18 Å². The van der Waals surface area contributed by atoms with Gasteiger partial charge in [-0.2, -0.15) is 0 Å².